The minimum atomic E-state index is -0.915. The van der Waals surface area contributed by atoms with E-state index in [0.29, 0.717) is 25.1 Å². The van der Waals surface area contributed by atoms with Gasteiger partial charge < -0.3 is 25.0 Å². The molecule has 0 aromatic carbocycles. The second kappa shape index (κ2) is 8.90. The summed E-state index contributed by atoms with van der Waals surface area (Å²) in [6.07, 6.45) is 0.238. The molecule has 2 heterocycles. The van der Waals surface area contributed by atoms with Crippen LogP contribution in [0.3, 0.4) is 0 Å². The molecule has 4 N–H and O–H groups in total. The van der Waals surface area contributed by atoms with Crippen LogP contribution in [0.15, 0.2) is 15.8 Å². The predicted octanol–water partition coefficient (Wildman–Crippen LogP) is -1.43. The van der Waals surface area contributed by atoms with Crippen molar-refractivity contribution >= 4 is 5.97 Å². The molecule has 1 aromatic rings. The average Bonchev–Trinajstić information content (AvgIpc) is 2.90. The number of aliphatic hydroxyl groups excluding tert-OH is 1. The minimum absolute atomic E-state index is 0.0978. The Morgan fingerprint density at radius 3 is 3.00 bits per heavy atom. The summed E-state index contributed by atoms with van der Waals surface area (Å²) in [5, 5.41) is 21.3. The number of aromatic amines is 1. The van der Waals surface area contributed by atoms with Crippen molar-refractivity contribution in [3.05, 3.63) is 32.6 Å². The third kappa shape index (κ3) is 5.49. The second-order valence-corrected chi connectivity index (χ2v) is 5.91. The molecule has 0 unspecified atom stereocenters. The summed E-state index contributed by atoms with van der Waals surface area (Å²) in [5.74, 6) is -0.915. The van der Waals surface area contributed by atoms with Crippen molar-refractivity contribution in [2.75, 3.05) is 26.3 Å². The Morgan fingerprint density at radius 2 is 2.28 bits per heavy atom. The standard InChI is InChI=1S/C15H23N3O7/c1-9-7-18(15(23)17-14(9)22)12-5-10(19)11(25-12)8-24-4-2-3-16-6-13(20)21/h7,10-12,16,19H,2-6,8H2,1H3,(H,20,21)(H,17,22,23)/t10-,11+,12+/m0/s1. The largest absolute Gasteiger partial charge is 0.480 e. The van der Waals surface area contributed by atoms with Crippen molar-refractivity contribution in [2.45, 2.75) is 38.2 Å². The number of rotatable bonds is 9. The first-order valence-electron chi connectivity index (χ1n) is 8.04. The first kappa shape index (κ1) is 19.3. The van der Waals surface area contributed by atoms with Crippen LogP contribution < -0.4 is 16.6 Å². The van der Waals surface area contributed by atoms with Crippen LogP contribution in [0.1, 0.15) is 24.6 Å². The summed E-state index contributed by atoms with van der Waals surface area (Å²) >= 11 is 0. The molecule has 1 saturated heterocycles. The van der Waals surface area contributed by atoms with E-state index in [-0.39, 0.29) is 19.6 Å². The maximum atomic E-state index is 11.9. The molecule has 0 aliphatic carbocycles. The Labute approximate surface area is 143 Å². The Kier molecular flexibility index (Phi) is 6.88. The fraction of sp³-hybridized carbons (Fsp3) is 0.667. The molecule has 10 nitrogen and oxygen atoms in total. The molecule has 2 rings (SSSR count). The summed E-state index contributed by atoms with van der Waals surface area (Å²) in [6.45, 7) is 2.54. The van der Waals surface area contributed by atoms with Gasteiger partial charge in [0.1, 0.15) is 12.3 Å². The number of carbonyl (C=O) groups is 1. The zero-order valence-electron chi connectivity index (χ0n) is 13.9. The highest BCUT2D eigenvalue weighted by atomic mass is 16.6. The number of aromatic nitrogens is 2. The lowest BCUT2D eigenvalue weighted by Crippen LogP contribution is -2.33. The molecule has 3 atom stereocenters. The molecule has 0 amide bonds. The summed E-state index contributed by atoms with van der Waals surface area (Å²) in [4.78, 5) is 35.8. The van der Waals surface area contributed by atoms with Crippen molar-refractivity contribution in [3.63, 3.8) is 0 Å². The molecule has 0 saturated carbocycles. The summed E-state index contributed by atoms with van der Waals surface area (Å²) in [6, 6.07) is 0. The Balaban J connectivity index is 1.78. The van der Waals surface area contributed by atoms with Gasteiger partial charge in [0.15, 0.2) is 0 Å². The fourth-order valence-electron chi connectivity index (χ4n) is 2.53. The van der Waals surface area contributed by atoms with Gasteiger partial charge in [0.2, 0.25) is 0 Å². The minimum Gasteiger partial charge on any atom is -0.480 e. The van der Waals surface area contributed by atoms with Gasteiger partial charge in [-0.3, -0.25) is 19.1 Å². The van der Waals surface area contributed by atoms with Crippen molar-refractivity contribution in [1.82, 2.24) is 14.9 Å². The second-order valence-electron chi connectivity index (χ2n) is 5.91. The van der Waals surface area contributed by atoms with Crippen LogP contribution in [0.5, 0.6) is 0 Å². The average molecular weight is 357 g/mol. The molecule has 10 heteroatoms. The third-order valence-electron chi connectivity index (χ3n) is 3.86. The van der Waals surface area contributed by atoms with Crippen molar-refractivity contribution in [3.8, 4) is 0 Å². The van der Waals surface area contributed by atoms with Gasteiger partial charge in [-0.1, -0.05) is 0 Å². The van der Waals surface area contributed by atoms with Gasteiger partial charge in [0.05, 0.1) is 19.3 Å². The number of carboxylic acid groups (broad SMARTS) is 1. The number of nitrogens with one attached hydrogen (secondary N) is 2. The van der Waals surface area contributed by atoms with Crippen molar-refractivity contribution in [1.29, 1.82) is 0 Å². The maximum Gasteiger partial charge on any atom is 0.330 e. The SMILES string of the molecule is Cc1cn([C@H]2C[C@H](O)[C@@H](COCCCNCC(=O)O)O2)c(=O)[nH]c1=O. The predicted molar refractivity (Wildman–Crippen MR) is 86.5 cm³/mol. The number of aliphatic carboxylic acids is 1. The monoisotopic (exact) mass is 357 g/mol. The summed E-state index contributed by atoms with van der Waals surface area (Å²) < 4.78 is 12.4. The van der Waals surface area contributed by atoms with E-state index in [1.807, 2.05) is 0 Å². The van der Waals surface area contributed by atoms with Crippen LogP contribution in [0, 0.1) is 6.92 Å². The molecule has 1 aromatic heterocycles. The number of hydrogen-bond donors (Lipinski definition) is 4. The maximum absolute atomic E-state index is 11.9. The molecule has 0 bridgehead atoms. The van der Waals surface area contributed by atoms with E-state index in [1.165, 1.54) is 10.8 Å². The molecule has 140 valence electrons. The number of ether oxygens (including phenoxy) is 2. The Bertz CT molecular complexity index is 699. The van der Waals surface area contributed by atoms with Gasteiger partial charge in [-0.15, -0.1) is 0 Å². The quantitative estimate of drug-likeness (QED) is 0.394. The van der Waals surface area contributed by atoms with Gasteiger partial charge in [0, 0.05) is 24.8 Å². The van der Waals surface area contributed by atoms with E-state index in [4.69, 9.17) is 14.6 Å². The van der Waals surface area contributed by atoms with Gasteiger partial charge in [-0.2, -0.15) is 0 Å². The van der Waals surface area contributed by atoms with Crippen LogP contribution >= 0.6 is 0 Å². The molecule has 1 fully saturated rings. The normalized spacial score (nSPS) is 23.0. The fourth-order valence-corrected chi connectivity index (χ4v) is 2.53. The van der Waals surface area contributed by atoms with E-state index in [2.05, 4.69) is 10.3 Å². The van der Waals surface area contributed by atoms with Crippen LogP contribution in [0.4, 0.5) is 0 Å². The number of aliphatic hydroxyl groups is 1. The highest BCUT2D eigenvalue weighted by Gasteiger charge is 2.35. The lowest BCUT2D eigenvalue weighted by atomic mass is 10.2. The van der Waals surface area contributed by atoms with Gasteiger partial charge in [0.25, 0.3) is 5.56 Å². The molecule has 0 radical (unpaired) electrons. The highest BCUT2D eigenvalue weighted by molar-refractivity contribution is 5.68. The van der Waals surface area contributed by atoms with E-state index >= 15 is 0 Å². The topological polar surface area (TPSA) is 143 Å². The smallest absolute Gasteiger partial charge is 0.330 e. The number of carboxylic acids is 1. The molecular formula is C15H23N3O7. The molecule has 0 spiro atoms. The lowest BCUT2D eigenvalue weighted by Gasteiger charge is -2.16. The highest BCUT2D eigenvalue weighted by Crippen LogP contribution is 2.27. The molecular weight excluding hydrogens is 334 g/mol. The first-order chi connectivity index (χ1) is 11.9. The number of hydrogen-bond acceptors (Lipinski definition) is 7. The Hall–Kier alpha value is -2.01. The summed E-state index contributed by atoms with van der Waals surface area (Å²) in [7, 11) is 0. The van der Waals surface area contributed by atoms with Crippen LogP contribution in [-0.4, -0.2) is 64.2 Å². The van der Waals surface area contributed by atoms with Crippen molar-refractivity contribution in [2.24, 2.45) is 0 Å². The van der Waals surface area contributed by atoms with Crippen LogP contribution in [-0.2, 0) is 14.3 Å². The first-order valence-corrected chi connectivity index (χ1v) is 8.04. The van der Waals surface area contributed by atoms with E-state index in [9.17, 15) is 19.5 Å². The zero-order chi connectivity index (χ0) is 18.4. The molecule has 25 heavy (non-hydrogen) atoms. The molecule has 1 aliphatic rings. The van der Waals surface area contributed by atoms with Crippen LogP contribution in [0.25, 0.3) is 0 Å². The van der Waals surface area contributed by atoms with E-state index < -0.39 is 35.7 Å². The van der Waals surface area contributed by atoms with Gasteiger partial charge in [-0.25, -0.2) is 4.79 Å². The van der Waals surface area contributed by atoms with Gasteiger partial charge in [-0.05, 0) is 19.9 Å². The van der Waals surface area contributed by atoms with E-state index in [0.717, 1.165) is 0 Å². The number of H-pyrrole nitrogens is 1. The number of nitrogens with zero attached hydrogens (tertiary/aromatic N) is 1. The van der Waals surface area contributed by atoms with E-state index in [1.54, 1.807) is 6.92 Å². The molecule has 1 aliphatic heterocycles. The third-order valence-corrected chi connectivity index (χ3v) is 3.86. The Morgan fingerprint density at radius 1 is 1.52 bits per heavy atom. The summed E-state index contributed by atoms with van der Waals surface area (Å²) in [5.41, 5.74) is -0.652. The number of aryl methyl sites for hydroxylation is 1. The zero-order valence-corrected chi connectivity index (χ0v) is 13.9. The lowest BCUT2D eigenvalue weighted by molar-refractivity contribution is -0.135. The van der Waals surface area contributed by atoms with Gasteiger partial charge >= 0.3 is 11.7 Å². The van der Waals surface area contributed by atoms with Crippen molar-refractivity contribution < 1.29 is 24.5 Å². The van der Waals surface area contributed by atoms with Crippen LogP contribution in [0.2, 0.25) is 0 Å².